The number of thiol groups is 1. The number of aryl methyl sites for hydroxylation is 1. The van der Waals surface area contributed by atoms with Crippen LogP contribution >= 0.6 is 24.6 Å². The molecule has 0 radical (unpaired) electrons. The summed E-state index contributed by atoms with van der Waals surface area (Å²) < 4.78 is 6.87. The second kappa shape index (κ2) is 5.99. The topological polar surface area (TPSA) is 56.1 Å². The minimum Gasteiger partial charge on any atom is -0.472 e. The summed E-state index contributed by atoms with van der Waals surface area (Å²) in [7, 11) is 0. The largest absolute Gasteiger partial charge is 0.472 e. The molecule has 1 aromatic carbocycles. The fourth-order valence-electron chi connectivity index (χ4n) is 1.68. The summed E-state index contributed by atoms with van der Waals surface area (Å²) >= 11 is 9.38. The van der Waals surface area contributed by atoms with Crippen LogP contribution in [-0.2, 0) is 6.61 Å². The maximum absolute atomic E-state index is 11.7. The van der Waals surface area contributed by atoms with E-state index >= 15 is 0 Å². The summed E-state index contributed by atoms with van der Waals surface area (Å²) in [6.07, 6.45) is 1.66. The molecule has 19 heavy (non-hydrogen) atoms. The van der Waals surface area contributed by atoms with Crippen molar-refractivity contribution in [3.63, 3.8) is 0 Å². The molecule has 0 fully saturated rings. The van der Waals surface area contributed by atoms with E-state index in [4.69, 9.17) is 16.5 Å². The number of hydrogen-bond donors (Lipinski definition) is 2. The molecule has 0 unspecified atom stereocenters. The highest BCUT2D eigenvalue weighted by molar-refractivity contribution is 7.78. The zero-order valence-corrected chi connectivity index (χ0v) is 11.8. The van der Waals surface area contributed by atoms with Gasteiger partial charge in [-0.1, -0.05) is 12.1 Å². The predicted octanol–water partition coefficient (Wildman–Crippen LogP) is 2.35. The average molecular weight is 298 g/mol. The lowest BCUT2D eigenvalue weighted by Crippen LogP contribution is -2.16. The molecule has 0 bridgehead atoms. The molecule has 5 nitrogen and oxygen atoms in total. The first kappa shape index (κ1) is 13.8. The Hall–Kier alpha value is -1.66. The third-order valence-corrected chi connectivity index (χ3v) is 3.05. The Morgan fingerprint density at radius 2 is 2.32 bits per heavy atom. The van der Waals surface area contributed by atoms with E-state index in [-0.39, 0.29) is 12.5 Å². The minimum absolute atomic E-state index is 0.233. The molecule has 7 heteroatoms. The van der Waals surface area contributed by atoms with Gasteiger partial charge in [-0.3, -0.25) is 9.63 Å². The van der Waals surface area contributed by atoms with Gasteiger partial charge in [-0.15, -0.1) is 5.10 Å². The van der Waals surface area contributed by atoms with E-state index < -0.39 is 0 Å². The van der Waals surface area contributed by atoms with Gasteiger partial charge in [0.05, 0.1) is 0 Å². The van der Waals surface area contributed by atoms with E-state index in [0.717, 1.165) is 11.1 Å². The smallest absolute Gasteiger partial charge is 0.266 e. The second-order valence-corrected chi connectivity index (χ2v) is 4.49. The van der Waals surface area contributed by atoms with Crippen LogP contribution in [0.15, 0.2) is 30.5 Å². The van der Waals surface area contributed by atoms with Crippen LogP contribution in [0.1, 0.15) is 21.5 Å². The number of carbonyl (C=O) groups is 1. The Morgan fingerprint density at radius 3 is 2.95 bits per heavy atom. The van der Waals surface area contributed by atoms with Crippen LogP contribution in [0, 0.1) is 6.92 Å². The van der Waals surface area contributed by atoms with E-state index in [9.17, 15) is 4.79 Å². The number of benzene rings is 1. The van der Waals surface area contributed by atoms with Gasteiger partial charge in [0.15, 0.2) is 0 Å². The number of carbonyl (C=O) groups excluding carboxylic acids is 1. The summed E-state index contributed by atoms with van der Waals surface area (Å²) in [5.74, 6) is 0.0826. The highest BCUT2D eigenvalue weighted by Gasteiger charge is 2.13. The first-order valence-corrected chi connectivity index (χ1v) is 6.27. The lowest BCUT2D eigenvalue weighted by atomic mass is 10.0. The third-order valence-electron chi connectivity index (χ3n) is 2.66. The van der Waals surface area contributed by atoms with Crippen LogP contribution in [0.2, 0.25) is 0 Å². The first-order valence-electron chi connectivity index (χ1n) is 5.49. The molecule has 0 saturated heterocycles. The molecule has 0 atom stereocenters. The van der Waals surface area contributed by atoms with Crippen LogP contribution in [0.25, 0.3) is 0 Å². The summed E-state index contributed by atoms with van der Waals surface area (Å²) in [5.41, 5.74) is 2.21. The van der Waals surface area contributed by atoms with Gasteiger partial charge in [-0.05, 0) is 31.4 Å². The van der Waals surface area contributed by atoms with E-state index in [1.165, 1.54) is 4.09 Å². The molecule has 0 spiro atoms. The van der Waals surface area contributed by atoms with Crippen molar-refractivity contribution >= 4 is 30.5 Å². The lowest BCUT2D eigenvalue weighted by molar-refractivity contribution is 0.0979. The van der Waals surface area contributed by atoms with Crippen molar-refractivity contribution in [1.82, 2.24) is 14.0 Å². The number of amides is 1. The molecular weight excluding hydrogens is 286 g/mol. The molecule has 2 aromatic rings. The fourth-order valence-corrected chi connectivity index (χ4v) is 1.94. The monoisotopic (exact) mass is 297 g/mol. The quantitative estimate of drug-likeness (QED) is 0.673. The van der Waals surface area contributed by atoms with Crippen LogP contribution in [-0.4, -0.2) is 15.1 Å². The predicted molar refractivity (Wildman–Crippen MR) is 75.4 cm³/mol. The van der Waals surface area contributed by atoms with Crippen molar-refractivity contribution in [1.29, 1.82) is 0 Å². The number of rotatable bonds is 4. The van der Waals surface area contributed by atoms with Gasteiger partial charge >= 0.3 is 0 Å². The van der Waals surface area contributed by atoms with Gasteiger partial charge in [-0.25, -0.2) is 4.09 Å². The van der Waals surface area contributed by atoms with Gasteiger partial charge in [0.2, 0.25) is 5.88 Å². The van der Waals surface area contributed by atoms with Gasteiger partial charge in [-0.2, -0.15) is 0 Å². The van der Waals surface area contributed by atoms with E-state index in [0.29, 0.717) is 11.4 Å². The zero-order chi connectivity index (χ0) is 13.8. The Bertz CT molecular complexity index is 600. The van der Waals surface area contributed by atoms with Crippen molar-refractivity contribution in [3.05, 3.63) is 47.2 Å². The van der Waals surface area contributed by atoms with E-state index in [1.807, 2.05) is 13.0 Å². The molecule has 100 valence electrons. The molecule has 0 aliphatic carbocycles. The highest BCUT2D eigenvalue weighted by atomic mass is 35.5. The molecular formula is C12H12ClN3O2S. The molecule has 0 aliphatic rings. The van der Waals surface area contributed by atoms with Gasteiger partial charge in [0.25, 0.3) is 5.91 Å². The Labute approximate surface area is 121 Å². The molecule has 1 aromatic heterocycles. The fraction of sp³-hybridized carbons (Fsp3) is 0.167. The molecule has 0 saturated carbocycles. The van der Waals surface area contributed by atoms with Gasteiger partial charge < -0.3 is 4.74 Å². The lowest BCUT2D eigenvalue weighted by Gasteiger charge is -2.11. The molecule has 1 N–H and O–H groups in total. The average Bonchev–Trinajstić information content (AvgIpc) is 2.82. The molecule has 0 aliphatic heterocycles. The SMILES string of the molecule is Cc1cccc(C(=O)NCl)c1COc1ccn(S)n1. The number of nitrogens with one attached hydrogen (secondary N) is 1. The van der Waals surface area contributed by atoms with Crippen molar-refractivity contribution in [2.75, 3.05) is 0 Å². The Kier molecular flexibility index (Phi) is 4.34. The van der Waals surface area contributed by atoms with Crippen LogP contribution < -0.4 is 9.57 Å². The standard InChI is InChI=1S/C12H12ClN3O2S/c1-8-3-2-4-9(12(17)14-13)10(8)7-18-11-5-6-16(19)15-11/h2-6,19H,7H2,1H3,(H,14,17). The van der Waals surface area contributed by atoms with Crippen LogP contribution in [0.5, 0.6) is 5.88 Å². The number of halogens is 1. The summed E-state index contributed by atoms with van der Waals surface area (Å²) in [6.45, 7) is 2.14. The maximum atomic E-state index is 11.7. The first-order chi connectivity index (χ1) is 9.11. The maximum Gasteiger partial charge on any atom is 0.266 e. The number of aromatic nitrogens is 2. The van der Waals surface area contributed by atoms with E-state index in [2.05, 4.69) is 22.7 Å². The van der Waals surface area contributed by atoms with Gasteiger partial charge in [0, 0.05) is 35.2 Å². The summed E-state index contributed by atoms with van der Waals surface area (Å²) in [6, 6.07) is 7.08. The normalized spacial score (nSPS) is 10.3. The third kappa shape index (κ3) is 3.21. The minimum atomic E-state index is -0.358. The summed E-state index contributed by atoms with van der Waals surface area (Å²) in [5, 5.41) is 3.98. The Morgan fingerprint density at radius 1 is 1.53 bits per heavy atom. The number of hydrogen-bond acceptors (Lipinski definition) is 4. The van der Waals surface area contributed by atoms with Crippen LogP contribution in [0.3, 0.4) is 0 Å². The zero-order valence-electron chi connectivity index (χ0n) is 10.1. The highest BCUT2D eigenvalue weighted by Crippen LogP contribution is 2.17. The van der Waals surface area contributed by atoms with E-state index in [1.54, 1.807) is 24.4 Å². The van der Waals surface area contributed by atoms with Crippen molar-refractivity contribution in [3.8, 4) is 5.88 Å². The molecule has 1 amide bonds. The van der Waals surface area contributed by atoms with Gasteiger partial charge in [0.1, 0.15) is 6.61 Å². The van der Waals surface area contributed by atoms with Crippen LogP contribution in [0.4, 0.5) is 0 Å². The van der Waals surface area contributed by atoms with Crippen molar-refractivity contribution < 1.29 is 9.53 Å². The number of ether oxygens (including phenoxy) is 1. The number of nitrogens with zero attached hydrogens (tertiary/aromatic N) is 2. The van der Waals surface area contributed by atoms with Crippen molar-refractivity contribution in [2.45, 2.75) is 13.5 Å². The summed E-state index contributed by atoms with van der Waals surface area (Å²) in [4.78, 5) is 13.8. The molecule has 1 heterocycles. The van der Waals surface area contributed by atoms with Crippen molar-refractivity contribution in [2.24, 2.45) is 0 Å². The second-order valence-electron chi connectivity index (χ2n) is 3.89. The molecule has 2 rings (SSSR count). The Balaban J connectivity index is 2.21.